The van der Waals surface area contributed by atoms with Crippen LogP contribution in [0.15, 0.2) is 40.8 Å². The molecule has 0 bridgehead atoms. The fourth-order valence-electron chi connectivity index (χ4n) is 2.23. The van der Waals surface area contributed by atoms with E-state index in [4.69, 9.17) is 9.47 Å². The first-order valence-corrected chi connectivity index (χ1v) is 6.89. The van der Waals surface area contributed by atoms with E-state index < -0.39 is 0 Å². The Morgan fingerprint density at radius 2 is 2.23 bits per heavy atom. The number of carbonyl (C=O) groups excluding carboxylic acids is 1. The fraction of sp³-hybridized carbons (Fsp3) is 0.176. The lowest BCUT2D eigenvalue weighted by molar-refractivity contribution is -0.105. The monoisotopic (exact) mass is 297 g/mol. The molecule has 2 heterocycles. The minimum atomic E-state index is -0.0938. The second kappa shape index (κ2) is 5.89. The number of benzene rings is 1. The van der Waals surface area contributed by atoms with Crippen LogP contribution in [0.25, 0.3) is 6.08 Å². The number of H-pyrrole nitrogens is 1. The average molecular weight is 297 g/mol. The number of fused-ring (bicyclic) bond motifs is 1. The first-order valence-electron chi connectivity index (χ1n) is 6.89. The first kappa shape index (κ1) is 14.1. The maximum absolute atomic E-state index is 11.3. The molecule has 0 amide bonds. The van der Waals surface area contributed by atoms with Gasteiger partial charge in [-0.25, -0.2) is 0 Å². The highest BCUT2D eigenvalue weighted by molar-refractivity contribution is 5.84. The standard InChI is InChI=1S/C17H15NO4/c1-11-4-12(7-18-17(11)20)9-21-15-3-2-14-5-13(8-19)10-22-16(14)6-15/h2-8H,9-10H2,1H3,(H,18,20). The molecular formula is C17H15NO4. The summed E-state index contributed by atoms with van der Waals surface area (Å²) in [6, 6.07) is 7.27. The molecule has 0 spiro atoms. The number of aromatic amines is 1. The zero-order valence-electron chi connectivity index (χ0n) is 12.1. The van der Waals surface area contributed by atoms with Crippen LogP contribution in [0.5, 0.6) is 11.5 Å². The SMILES string of the molecule is Cc1cc(COc2ccc3c(c2)OCC(C=O)=C3)c[nH]c1=O. The van der Waals surface area contributed by atoms with Crippen LogP contribution in [0.3, 0.4) is 0 Å². The molecule has 1 aromatic carbocycles. The van der Waals surface area contributed by atoms with Crippen molar-refractivity contribution in [2.24, 2.45) is 0 Å². The molecule has 2 aromatic rings. The molecule has 0 radical (unpaired) electrons. The predicted molar refractivity (Wildman–Crippen MR) is 82.1 cm³/mol. The average Bonchev–Trinajstić information content (AvgIpc) is 2.55. The molecule has 1 N–H and O–H groups in total. The zero-order chi connectivity index (χ0) is 15.5. The number of aldehydes is 1. The quantitative estimate of drug-likeness (QED) is 0.879. The minimum Gasteiger partial charge on any atom is -0.489 e. The molecule has 0 atom stereocenters. The van der Waals surface area contributed by atoms with Crippen LogP contribution in [0.2, 0.25) is 0 Å². The molecule has 5 nitrogen and oxygen atoms in total. The van der Waals surface area contributed by atoms with Gasteiger partial charge in [0.1, 0.15) is 31.0 Å². The molecule has 5 heteroatoms. The molecule has 0 aliphatic carbocycles. The lowest BCUT2D eigenvalue weighted by Gasteiger charge is -2.16. The van der Waals surface area contributed by atoms with Crippen molar-refractivity contribution in [1.82, 2.24) is 4.98 Å². The van der Waals surface area contributed by atoms with Crippen LogP contribution in [-0.2, 0) is 11.4 Å². The third-order valence-electron chi connectivity index (χ3n) is 3.43. The smallest absolute Gasteiger partial charge is 0.250 e. The highest BCUT2D eigenvalue weighted by Gasteiger charge is 2.12. The number of pyridine rings is 1. The summed E-state index contributed by atoms with van der Waals surface area (Å²) in [6.45, 7) is 2.39. The summed E-state index contributed by atoms with van der Waals surface area (Å²) >= 11 is 0. The fourth-order valence-corrected chi connectivity index (χ4v) is 2.23. The van der Waals surface area contributed by atoms with Crippen molar-refractivity contribution in [2.45, 2.75) is 13.5 Å². The third kappa shape index (κ3) is 2.93. The number of ether oxygens (including phenoxy) is 2. The zero-order valence-corrected chi connectivity index (χ0v) is 12.1. The van der Waals surface area contributed by atoms with Gasteiger partial charge in [0.05, 0.1) is 0 Å². The largest absolute Gasteiger partial charge is 0.489 e. The van der Waals surface area contributed by atoms with E-state index in [0.717, 1.165) is 17.4 Å². The Balaban J connectivity index is 1.74. The van der Waals surface area contributed by atoms with Crippen molar-refractivity contribution >= 4 is 12.4 Å². The predicted octanol–water partition coefficient (Wildman–Crippen LogP) is 2.24. The van der Waals surface area contributed by atoms with Gasteiger partial charge in [-0.3, -0.25) is 9.59 Å². The summed E-state index contributed by atoms with van der Waals surface area (Å²) in [5.41, 5.74) is 2.93. The number of aromatic nitrogens is 1. The number of hydrogen-bond donors (Lipinski definition) is 1. The summed E-state index contributed by atoms with van der Waals surface area (Å²) < 4.78 is 11.2. The summed E-state index contributed by atoms with van der Waals surface area (Å²) in [5.74, 6) is 1.37. The van der Waals surface area contributed by atoms with Crippen molar-refractivity contribution in [3.63, 3.8) is 0 Å². The second-order valence-corrected chi connectivity index (χ2v) is 5.13. The van der Waals surface area contributed by atoms with E-state index in [1.807, 2.05) is 12.1 Å². The highest BCUT2D eigenvalue weighted by atomic mass is 16.5. The summed E-state index contributed by atoms with van der Waals surface area (Å²) in [5, 5.41) is 0. The molecule has 1 aliphatic rings. The highest BCUT2D eigenvalue weighted by Crippen LogP contribution is 2.30. The lowest BCUT2D eigenvalue weighted by Crippen LogP contribution is -2.10. The third-order valence-corrected chi connectivity index (χ3v) is 3.43. The Labute approximate surface area is 127 Å². The van der Waals surface area contributed by atoms with E-state index in [0.29, 0.717) is 29.2 Å². The van der Waals surface area contributed by atoms with E-state index in [1.54, 1.807) is 31.3 Å². The molecule has 1 aliphatic heterocycles. The van der Waals surface area contributed by atoms with Gasteiger partial charge in [-0.05, 0) is 31.2 Å². The number of rotatable bonds is 4. The van der Waals surface area contributed by atoms with Crippen molar-refractivity contribution < 1.29 is 14.3 Å². The molecule has 0 fully saturated rings. The van der Waals surface area contributed by atoms with E-state index in [-0.39, 0.29) is 12.2 Å². The van der Waals surface area contributed by atoms with E-state index in [1.165, 1.54) is 0 Å². The van der Waals surface area contributed by atoms with E-state index in [9.17, 15) is 9.59 Å². The topological polar surface area (TPSA) is 68.4 Å². The Hall–Kier alpha value is -2.82. The number of carbonyl (C=O) groups is 1. The van der Waals surface area contributed by atoms with Gasteiger partial charge in [-0.15, -0.1) is 0 Å². The molecule has 1 aromatic heterocycles. The van der Waals surface area contributed by atoms with E-state index in [2.05, 4.69) is 4.98 Å². The second-order valence-electron chi connectivity index (χ2n) is 5.13. The molecular weight excluding hydrogens is 282 g/mol. The Morgan fingerprint density at radius 1 is 1.36 bits per heavy atom. The van der Waals surface area contributed by atoms with E-state index >= 15 is 0 Å². The van der Waals surface area contributed by atoms with Gasteiger partial charge in [0, 0.05) is 34.5 Å². The summed E-state index contributed by atoms with van der Waals surface area (Å²) in [6.07, 6.45) is 4.25. The van der Waals surface area contributed by atoms with Crippen molar-refractivity contribution in [2.75, 3.05) is 6.61 Å². The number of nitrogens with one attached hydrogen (secondary N) is 1. The van der Waals surface area contributed by atoms with Gasteiger partial charge in [-0.2, -0.15) is 0 Å². The van der Waals surface area contributed by atoms with Gasteiger partial charge in [-0.1, -0.05) is 0 Å². The molecule has 22 heavy (non-hydrogen) atoms. The maximum Gasteiger partial charge on any atom is 0.250 e. The van der Waals surface area contributed by atoms with Crippen LogP contribution in [0.4, 0.5) is 0 Å². The van der Waals surface area contributed by atoms with Crippen LogP contribution in [-0.4, -0.2) is 17.9 Å². The Morgan fingerprint density at radius 3 is 3.00 bits per heavy atom. The normalized spacial score (nSPS) is 12.9. The lowest BCUT2D eigenvalue weighted by atomic mass is 10.1. The van der Waals surface area contributed by atoms with Crippen LogP contribution >= 0.6 is 0 Å². The van der Waals surface area contributed by atoms with Gasteiger partial charge in [0.2, 0.25) is 0 Å². The summed E-state index contributed by atoms with van der Waals surface area (Å²) in [4.78, 5) is 24.7. The maximum atomic E-state index is 11.3. The van der Waals surface area contributed by atoms with Crippen molar-refractivity contribution in [1.29, 1.82) is 0 Å². The minimum absolute atomic E-state index is 0.0938. The number of hydrogen-bond acceptors (Lipinski definition) is 4. The van der Waals surface area contributed by atoms with Crippen molar-refractivity contribution in [3.05, 3.63) is 63.1 Å². The van der Waals surface area contributed by atoms with Crippen LogP contribution in [0, 0.1) is 6.92 Å². The van der Waals surface area contributed by atoms with Gasteiger partial charge in [0.25, 0.3) is 5.56 Å². The van der Waals surface area contributed by atoms with Crippen molar-refractivity contribution in [3.8, 4) is 11.5 Å². The first-order chi connectivity index (χ1) is 10.7. The molecule has 112 valence electrons. The molecule has 0 saturated heterocycles. The summed E-state index contributed by atoms with van der Waals surface area (Å²) in [7, 11) is 0. The molecule has 0 unspecified atom stereocenters. The van der Waals surface area contributed by atoms with Gasteiger partial charge >= 0.3 is 0 Å². The van der Waals surface area contributed by atoms with Gasteiger partial charge in [0.15, 0.2) is 0 Å². The Kier molecular flexibility index (Phi) is 3.78. The molecule has 3 rings (SSSR count). The van der Waals surface area contributed by atoms with Gasteiger partial charge < -0.3 is 14.5 Å². The van der Waals surface area contributed by atoms with Crippen LogP contribution < -0.4 is 15.0 Å². The Bertz CT molecular complexity index is 805. The van der Waals surface area contributed by atoms with Crippen LogP contribution in [0.1, 0.15) is 16.7 Å². The molecule has 0 saturated carbocycles. The number of aryl methyl sites for hydroxylation is 1.